The lowest BCUT2D eigenvalue weighted by Crippen LogP contribution is -2.10. The van der Waals surface area contributed by atoms with Crippen molar-refractivity contribution >= 4 is 0 Å². The lowest BCUT2D eigenvalue weighted by Gasteiger charge is -2.04. The van der Waals surface area contributed by atoms with E-state index in [9.17, 15) is 9.90 Å². The fourth-order valence-electron chi connectivity index (χ4n) is 1.81. The number of H-pyrrole nitrogens is 1. The predicted octanol–water partition coefficient (Wildman–Crippen LogP) is 2.17. The van der Waals surface area contributed by atoms with Crippen molar-refractivity contribution in [2.75, 3.05) is 0 Å². The third kappa shape index (κ3) is 2.75. The van der Waals surface area contributed by atoms with Crippen LogP contribution >= 0.6 is 0 Å². The van der Waals surface area contributed by atoms with Crippen molar-refractivity contribution in [3.05, 3.63) is 63.6 Å². The highest BCUT2D eigenvalue weighted by Crippen LogP contribution is 2.11. The minimum Gasteiger partial charge on any atom is -0.503 e. The molecule has 0 bridgehead atoms. The molecular weight excluding hydrogens is 214 g/mol. The van der Waals surface area contributed by atoms with Crippen LogP contribution in [0.1, 0.15) is 16.8 Å². The number of hydrogen-bond acceptors (Lipinski definition) is 2. The second-order valence-corrected chi connectivity index (χ2v) is 4.14. The highest BCUT2D eigenvalue weighted by atomic mass is 16.3. The Morgan fingerprint density at radius 3 is 2.53 bits per heavy atom. The van der Waals surface area contributed by atoms with E-state index in [1.165, 1.54) is 5.56 Å². The zero-order valence-electron chi connectivity index (χ0n) is 9.73. The van der Waals surface area contributed by atoms with Crippen LogP contribution in [0.2, 0.25) is 0 Å². The van der Waals surface area contributed by atoms with Gasteiger partial charge in [0.2, 0.25) is 0 Å². The van der Waals surface area contributed by atoms with Gasteiger partial charge in [0.05, 0.1) is 0 Å². The molecule has 0 aliphatic rings. The Morgan fingerprint density at radius 1 is 1.18 bits per heavy atom. The lowest BCUT2D eigenvalue weighted by molar-refractivity contribution is 0.461. The number of nitrogens with one attached hydrogen (secondary N) is 1. The van der Waals surface area contributed by atoms with E-state index >= 15 is 0 Å². The normalized spacial score (nSPS) is 10.4. The van der Waals surface area contributed by atoms with Gasteiger partial charge in [0.1, 0.15) is 0 Å². The van der Waals surface area contributed by atoms with Gasteiger partial charge in [-0.3, -0.25) is 4.79 Å². The van der Waals surface area contributed by atoms with Crippen LogP contribution in [0.4, 0.5) is 0 Å². The first kappa shape index (κ1) is 11.5. The van der Waals surface area contributed by atoms with Crippen LogP contribution in [0.15, 0.2) is 41.2 Å². The smallest absolute Gasteiger partial charge is 0.290 e. The number of aromatic hydroxyl groups is 1. The maximum Gasteiger partial charge on any atom is 0.290 e. The van der Waals surface area contributed by atoms with Gasteiger partial charge in [0.15, 0.2) is 5.75 Å². The molecule has 0 saturated heterocycles. The van der Waals surface area contributed by atoms with E-state index in [1.807, 2.05) is 24.3 Å². The summed E-state index contributed by atoms with van der Waals surface area (Å²) in [5.74, 6) is -0.187. The Balaban J connectivity index is 2.13. The van der Waals surface area contributed by atoms with Crippen LogP contribution in [0.3, 0.4) is 0 Å². The fourth-order valence-corrected chi connectivity index (χ4v) is 1.81. The van der Waals surface area contributed by atoms with Crippen molar-refractivity contribution in [1.29, 1.82) is 0 Å². The SMILES string of the molecule is Cc1cc(CCc2ccccc2)[nH]c(=O)c1O. The molecule has 1 aromatic heterocycles. The summed E-state index contributed by atoms with van der Waals surface area (Å²) in [4.78, 5) is 14.0. The van der Waals surface area contributed by atoms with Crippen LogP contribution in [0.25, 0.3) is 0 Å². The van der Waals surface area contributed by atoms with Gasteiger partial charge in [0.25, 0.3) is 5.56 Å². The number of rotatable bonds is 3. The molecule has 0 aliphatic carbocycles. The molecule has 1 heterocycles. The summed E-state index contributed by atoms with van der Waals surface area (Å²) in [6.07, 6.45) is 1.64. The summed E-state index contributed by atoms with van der Waals surface area (Å²) < 4.78 is 0. The molecule has 1 aromatic carbocycles. The number of benzene rings is 1. The fraction of sp³-hybridized carbons (Fsp3) is 0.214. The monoisotopic (exact) mass is 229 g/mol. The van der Waals surface area contributed by atoms with Gasteiger partial charge in [-0.2, -0.15) is 0 Å². The zero-order chi connectivity index (χ0) is 12.3. The molecule has 0 aliphatic heterocycles. The predicted molar refractivity (Wildman–Crippen MR) is 67.3 cm³/mol. The first-order valence-corrected chi connectivity index (χ1v) is 5.62. The van der Waals surface area contributed by atoms with E-state index in [4.69, 9.17) is 0 Å². The summed E-state index contributed by atoms with van der Waals surface area (Å²) in [7, 11) is 0. The number of pyridine rings is 1. The Labute approximate surface area is 99.8 Å². The molecule has 3 nitrogen and oxygen atoms in total. The Bertz CT molecular complexity index is 558. The van der Waals surface area contributed by atoms with Crippen LogP contribution in [-0.4, -0.2) is 10.1 Å². The Morgan fingerprint density at radius 2 is 1.88 bits per heavy atom. The molecule has 0 unspecified atom stereocenters. The topological polar surface area (TPSA) is 53.1 Å². The van der Waals surface area contributed by atoms with E-state index < -0.39 is 5.56 Å². The van der Waals surface area contributed by atoms with E-state index in [-0.39, 0.29) is 5.75 Å². The standard InChI is InChI=1S/C14H15NO2/c1-10-9-12(15-14(17)13(10)16)8-7-11-5-3-2-4-6-11/h2-6,9,16H,7-8H2,1H3,(H,15,17). The summed E-state index contributed by atoms with van der Waals surface area (Å²) >= 11 is 0. The molecular formula is C14H15NO2. The second-order valence-electron chi connectivity index (χ2n) is 4.14. The van der Waals surface area contributed by atoms with Crippen molar-refractivity contribution in [3.8, 4) is 5.75 Å². The molecule has 0 amide bonds. The average Bonchev–Trinajstić information content (AvgIpc) is 2.34. The summed E-state index contributed by atoms with van der Waals surface area (Å²) in [6.45, 7) is 1.73. The molecule has 3 heteroatoms. The van der Waals surface area contributed by atoms with Gasteiger partial charge in [-0.15, -0.1) is 0 Å². The van der Waals surface area contributed by atoms with E-state index in [2.05, 4.69) is 17.1 Å². The minimum atomic E-state index is -0.409. The largest absolute Gasteiger partial charge is 0.503 e. The summed E-state index contributed by atoms with van der Waals surface area (Å²) in [6, 6.07) is 11.9. The summed E-state index contributed by atoms with van der Waals surface area (Å²) in [5, 5.41) is 9.37. The quantitative estimate of drug-likeness (QED) is 0.847. The highest BCUT2D eigenvalue weighted by Gasteiger charge is 2.04. The van der Waals surface area contributed by atoms with E-state index in [0.29, 0.717) is 5.56 Å². The maximum absolute atomic E-state index is 11.4. The zero-order valence-corrected chi connectivity index (χ0v) is 9.73. The van der Waals surface area contributed by atoms with Crippen molar-refractivity contribution in [2.45, 2.75) is 19.8 Å². The molecule has 0 fully saturated rings. The minimum absolute atomic E-state index is 0.187. The molecule has 0 radical (unpaired) electrons. The second kappa shape index (κ2) is 4.87. The van der Waals surface area contributed by atoms with E-state index in [0.717, 1.165) is 18.5 Å². The number of hydrogen-bond donors (Lipinski definition) is 2. The molecule has 2 aromatic rings. The van der Waals surface area contributed by atoms with Crippen molar-refractivity contribution in [1.82, 2.24) is 4.98 Å². The van der Waals surface area contributed by atoms with Crippen LogP contribution in [0, 0.1) is 6.92 Å². The van der Waals surface area contributed by atoms with Gasteiger partial charge < -0.3 is 10.1 Å². The molecule has 17 heavy (non-hydrogen) atoms. The van der Waals surface area contributed by atoms with Gasteiger partial charge in [-0.1, -0.05) is 30.3 Å². The Kier molecular flexibility index (Phi) is 3.28. The summed E-state index contributed by atoms with van der Waals surface area (Å²) in [5.41, 5.74) is 2.30. The highest BCUT2D eigenvalue weighted by molar-refractivity contribution is 5.30. The first-order chi connectivity index (χ1) is 8.16. The number of aromatic nitrogens is 1. The van der Waals surface area contributed by atoms with Gasteiger partial charge in [0, 0.05) is 5.69 Å². The molecule has 0 atom stereocenters. The Hall–Kier alpha value is -2.03. The van der Waals surface area contributed by atoms with Gasteiger partial charge in [-0.05, 0) is 37.0 Å². The molecule has 2 rings (SSSR count). The average molecular weight is 229 g/mol. The van der Waals surface area contributed by atoms with Crippen LogP contribution in [0.5, 0.6) is 5.75 Å². The lowest BCUT2D eigenvalue weighted by atomic mass is 10.1. The van der Waals surface area contributed by atoms with Gasteiger partial charge >= 0.3 is 0 Å². The molecule has 0 spiro atoms. The van der Waals surface area contributed by atoms with Crippen molar-refractivity contribution in [2.24, 2.45) is 0 Å². The third-order valence-electron chi connectivity index (χ3n) is 2.78. The third-order valence-corrected chi connectivity index (χ3v) is 2.78. The maximum atomic E-state index is 11.4. The number of aryl methyl sites for hydroxylation is 3. The first-order valence-electron chi connectivity index (χ1n) is 5.62. The van der Waals surface area contributed by atoms with E-state index in [1.54, 1.807) is 6.92 Å². The molecule has 0 saturated carbocycles. The molecule has 2 N–H and O–H groups in total. The number of aromatic amines is 1. The molecule has 88 valence electrons. The van der Waals surface area contributed by atoms with Crippen LogP contribution < -0.4 is 5.56 Å². The van der Waals surface area contributed by atoms with Crippen molar-refractivity contribution < 1.29 is 5.11 Å². The van der Waals surface area contributed by atoms with Crippen molar-refractivity contribution in [3.63, 3.8) is 0 Å². The van der Waals surface area contributed by atoms with Gasteiger partial charge in [-0.25, -0.2) is 0 Å². The van der Waals surface area contributed by atoms with Crippen LogP contribution in [-0.2, 0) is 12.8 Å².